The Balaban J connectivity index is 1.86. The Morgan fingerprint density at radius 2 is 1.27 bits per heavy atom. The summed E-state index contributed by atoms with van der Waals surface area (Å²) in [4.78, 5) is 34.8. The van der Waals surface area contributed by atoms with Crippen molar-refractivity contribution >= 4 is 23.2 Å². The molecule has 2 aromatic carbocycles. The van der Waals surface area contributed by atoms with Gasteiger partial charge < -0.3 is 0 Å². The molecule has 1 fully saturated rings. The van der Waals surface area contributed by atoms with E-state index in [0.29, 0.717) is 5.69 Å². The fourth-order valence-electron chi connectivity index (χ4n) is 2.44. The summed E-state index contributed by atoms with van der Waals surface area (Å²) in [5, 5.41) is 10.6. The SMILES string of the molecule is O=C1CCC(=O)N1c1ccc(-c2ccc([N+](=O)[O-])cc2)cc1. The van der Waals surface area contributed by atoms with Gasteiger partial charge in [-0.15, -0.1) is 0 Å². The molecule has 0 radical (unpaired) electrons. The molecule has 0 atom stereocenters. The monoisotopic (exact) mass is 296 g/mol. The van der Waals surface area contributed by atoms with Crippen LogP contribution in [-0.2, 0) is 9.59 Å². The van der Waals surface area contributed by atoms with E-state index >= 15 is 0 Å². The van der Waals surface area contributed by atoms with Crippen molar-refractivity contribution < 1.29 is 14.5 Å². The van der Waals surface area contributed by atoms with Crippen LogP contribution in [0.1, 0.15) is 12.8 Å². The van der Waals surface area contributed by atoms with Crippen molar-refractivity contribution in [1.82, 2.24) is 0 Å². The highest BCUT2D eigenvalue weighted by atomic mass is 16.6. The zero-order chi connectivity index (χ0) is 15.7. The molecule has 2 amide bonds. The smallest absolute Gasteiger partial charge is 0.269 e. The average Bonchev–Trinajstić information content (AvgIpc) is 2.86. The minimum atomic E-state index is -0.447. The van der Waals surface area contributed by atoms with Gasteiger partial charge in [0, 0.05) is 25.0 Å². The fraction of sp³-hybridized carbons (Fsp3) is 0.125. The summed E-state index contributed by atoms with van der Waals surface area (Å²) in [7, 11) is 0. The van der Waals surface area contributed by atoms with Crippen molar-refractivity contribution in [3.05, 3.63) is 58.6 Å². The average molecular weight is 296 g/mol. The lowest BCUT2D eigenvalue weighted by Gasteiger charge is -2.14. The maximum Gasteiger partial charge on any atom is 0.269 e. The molecule has 6 heteroatoms. The minimum absolute atomic E-state index is 0.0358. The summed E-state index contributed by atoms with van der Waals surface area (Å²) in [5.74, 6) is -0.374. The van der Waals surface area contributed by atoms with Gasteiger partial charge in [0.25, 0.3) is 5.69 Å². The van der Waals surface area contributed by atoms with Crippen LogP contribution in [0.5, 0.6) is 0 Å². The van der Waals surface area contributed by atoms with Gasteiger partial charge in [-0.1, -0.05) is 12.1 Å². The van der Waals surface area contributed by atoms with Crippen LogP contribution >= 0.6 is 0 Å². The molecule has 6 nitrogen and oxygen atoms in total. The van der Waals surface area contributed by atoms with E-state index in [1.165, 1.54) is 17.0 Å². The second kappa shape index (κ2) is 5.40. The number of hydrogen-bond acceptors (Lipinski definition) is 4. The first-order valence-electron chi connectivity index (χ1n) is 6.77. The molecule has 0 saturated carbocycles. The molecule has 1 aliphatic heterocycles. The quantitative estimate of drug-likeness (QED) is 0.495. The van der Waals surface area contributed by atoms with Gasteiger partial charge in [-0.3, -0.25) is 24.6 Å². The molecule has 1 heterocycles. The first kappa shape index (κ1) is 13.9. The van der Waals surface area contributed by atoms with E-state index in [1.54, 1.807) is 36.4 Å². The number of anilines is 1. The van der Waals surface area contributed by atoms with E-state index in [2.05, 4.69) is 0 Å². The number of non-ortho nitro benzene ring substituents is 1. The fourth-order valence-corrected chi connectivity index (χ4v) is 2.44. The molecule has 0 bridgehead atoms. The molecule has 1 saturated heterocycles. The Labute approximate surface area is 126 Å². The van der Waals surface area contributed by atoms with Crippen LogP contribution in [0.25, 0.3) is 11.1 Å². The maximum atomic E-state index is 11.7. The predicted octanol–water partition coefficient (Wildman–Crippen LogP) is 2.92. The Morgan fingerprint density at radius 3 is 1.73 bits per heavy atom. The van der Waals surface area contributed by atoms with Gasteiger partial charge in [0.15, 0.2) is 0 Å². The molecule has 0 unspecified atom stereocenters. The lowest BCUT2D eigenvalue weighted by Crippen LogP contribution is -2.28. The number of hydrogen-bond donors (Lipinski definition) is 0. The number of amides is 2. The van der Waals surface area contributed by atoms with E-state index in [9.17, 15) is 19.7 Å². The third-order valence-electron chi connectivity index (χ3n) is 3.59. The largest absolute Gasteiger partial charge is 0.274 e. The molecule has 0 spiro atoms. The molecule has 1 aliphatic rings. The third-order valence-corrected chi connectivity index (χ3v) is 3.59. The van der Waals surface area contributed by atoms with Gasteiger partial charge in [0.1, 0.15) is 0 Å². The van der Waals surface area contributed by atoms with Crippen molar-refractivity contribution in [2.45, 2.75) is 12.8 Å². The standard InChI is InChI=1S/C16H12N2O4/c19-15-9-10-16(20)17(15)13-5-1-11(2-6-13)12-3-7-14(8-4-12)18(21)22/h1-8H,9-10H2. The highest BCUT2D eigenvalue weighted by Gasteiger charge is 2.30. The number of imide groups is 1. The molecule has 2 aromatic rings. The summed E-state index contributed by atoms with van der Waals surface area (Å²) in [5.41, 5.74) is 2.28. The molecule has 22 heavy (non-hydrogen) atoms. The molecular weight excluding hydrogens is 284 g/mol. The third kappa shape index (κ3) is 2.46. The summed E-state index contributed by atoms with van der Waals surface area (Å²) < 4.78 is 0. The Bertz CT molecular complexity index is 735. The van der Waals surface area contributed by atoms with Crippen molar-refractivity contribution in [3.8, 4) is 11.1 Å². The lowest BCUT2D eigenvalue weighted by molar-refractivity contribution is -0.384. The van der Waals surface area contributed by atoms with Crippen LogP contribution in [0.3, 0.4) is 0 Å². The van der Waals surface area contributed by atoms with Crippen molar-refractivity contribution in [3.63, 3.8) is 0 Å². The van der Waals surface area contributed by atoms with Crippen LogP contribution in [0.4, 0.5) is 11.4 Å². The van der Waals surface area contributed by atoms with Gasteiger partial charge in [-0.2, -0.15) is 0 Å². The molecule has 3 rings (SSSR count). The van der Waals surface area contributed by atoms with Crippen LogP contribution in [0.15, 0.2) is 48.5 Å². The second-order valence-corrected chi connectivity index (χ2v) is 4.97. The van der Waals surface area contributed by atoms with Gasteiger partial charge in [0.05, 0.1) is 10.6 Å². The summed E-state index contributed by atoms with van der Waals surface area (Å²) >= 11 is 0. The molecule has 0 aliphatic carbocycles. The number of nitro groups is 1. The number of nitro benzene ring substituents is 1. The van der Waals surface area contributed by atoms with Gasteiger partial charge in [0.2, 0.25) is 11.8 Å². The topological polar surface area (TPSA) is 80.5 Å². The maximum absolute atomic E-state index is 11.7. The van der Waals surface area contributed by atoms with E-state index < -0.39 is 4.92 Å². The molecule has 0 N–H and O–H groups in total. The lowest BCUT2D eigenvalue weighted by atomic mass is 10.0. The van der Waals surface area contributed by atoms with Crippen LogP contribution in [0.2, 0.25) is 0 Å². The summed E-state index contributed by atoms with van der Waals surface area (Å²) in [6.45, 7) is 0. The van der Waals surface area contributed by atoms with Crippen molar-refractivity contribution in [2.75, 3.05) is 4.90 Å². The zero-order valence-corrected chi connectivity index (χ0v) is 11.6. The van der Waals surface area contributed by atoms with Crippen molar-refractivity contribution in [1.29, 1.82) is 0 Å². The number of rotatable bonds is 3. The number of nitrogens with zero attached hydrogens (tertiary/aromatic N) is 2. The van der Waals surface area contributed by atoms with Gasteiger partial charge in [-0.25, -0.2) is 0 Å². The number of carbonyl (C=O) groups excluding carboxylic acids is 2. The van der Waals surface area contributed by atoms with Gasteiger partial charge >= 0.3 is 0 Å². The second-order valence-electron chi connectivity index (χ2n) is 4.97. The normalized spacial score (nSPS) is 14.5. The van der Waals surface area contributed by atoms with Gasteiger partial charge in [-0.05, 0) is 35.4 Å². The Kier molecular flexibility index (Phi) is 3.42. The van der Waals surface area contributed by atoms with Crippen LogP contribution in [0, 0.1) is 10.1 Å². The molecule has 0 aromatic heterocycles. The highest BCUT2D eigenvalue weighted by Crippen LogP contribution is 2.27. The van der Waals surface area contributed by atoms with Crippen LogP contribution in [-0.4, -0.2) is 16.7 Å². The van der Waals surface area contributed by atoms with E-state index in [4.69, 9.17) is 0 Å². The van der Waals surface area contributed by atoms with E-state index in [1.807, 2.05) is 0 Å². The van der Waals surface area contributed by atoms with Crippen molar-refractivity contribution in [2.24, 2.45) is 0 Å². The van der Waals surface area contributed by atoms with Crippen LogP contribution < -0.4 is 4.90 Å². The highest BCUT2D eigenvalue weighted by molar-refractivity contribution is 6.19. The zero-order valence-electron chi connectivity index (χ0n) is 11.6. The number of carbonyl (C=O) groups is 2. The molecular formula is C16H12N2O4. The molecule has 110 valence electrons. The summed E-state index contributed by atoms with van der Waals surface area (Å²) in [6.07, 6.45) is 0.506. The Hall–Kier alpha value is -3.02. The predicted molar refractivity (Wildman–Crippen MR) is 80.3 cm³/mol. The summed E-state index contributed by atoms with van der Waals surface area (Å²) in [6, 6.07) is 13.2. The van der Waals surface area contributed by atoms with E-state index in [-0.39, 0.29) is 30.3 Å². The number of benzene rings is 2. The van der Waals surface area contributed by atoms with E-state index in [0.717, 1.165) is 11.1 Å². The first-order valence-corrected chi connectivity index (χ1v) is 6.77. The minimum Gasteiger partial charge on any atom is -0.274 e. The first-order chi connectivity index (χ1) is 10.6. The Morgan fingerprint density at radius 1 is 0.818 bits per heavy atom.